The van der Waals surface area contributed by atoms with Crippen LogP contribution in [0.2, 0.25) is 0 Å². The average Bonchev–Trinajstić information content (AvgIpc) is 3.55. The summed E-state index contributed by atoms with van der Waals surface area (Å²) < 4.78 is 14.7. The van der Waals surface area contributed by atoms with Crippen LogP contribution in [0.3, 0.4) is 0 Å². The summed E-state index contributed by atoms with van der Waals surface area (Å²) in [4.78, 5) is 34.4. The third-order valence-corrected chi connectivity index (χ3v) is 8.37. The quantitative estimate of drug-likeness (QED) is 0.238. The van der Waals surface area contributed by atoms with Crippen molar-refractivity contribution in [3.63, 3.8) is 0 Å². The van der Waals surface area contributed by atoms with Gasteiger partial charge >= 0.3 is 5.97 Å². The molecule has 0 bridgehead atoms. The van der Waals surface area contributed by atoms with E-state index in [4.69, 9.17) is 9.15 Å². The monoisotopic (exact) mass is 619 g/mol. The highest BCUT2D eigenvalue weighted by Crippen LogP contribution is 2.34. The van der Waals surface area contributed by atoms with E-state index in [1.807, 2.05) is 54.6 Å². The van der Waals surface area contributed by atoms with Crippen molar-refractivity contribution in [1.82, 2.24) is 4.57 Å². The minimum atomic E-state index is -0.799. The number of thiazole rings is 1. The maximum Gasteiger partial charge on any atom is 0.338 e. The number of esters is 1. The number of nitrogens with zero attached hydrogens (tertiary/aromatic N) is 3. The van der Waals surface area contributed by atoms with Gasteiger partial charge in [-0.05, 0) is 75.7 Å². The second kappa shape index (κ2) is 11.8. The zero-order chi connectivity index (χ0) is 28.4. The number of halogens is 1. The minimum absolute atomic E-state index is 0.207. The van der Waals surface area contributed by atoms with Crippen LogP contribution >= 0.6 is 27.3 Å². The van der Waals surface area contributed by atoms with Gasteiger partial charge in [0, 0.05) is 28.8 Å². The number of furan rings is 1. The van der Waals surface area contributed by atoms with E-state index in [0.717, 1.165) is 34.4 Å². The molecular formula is C31H30BrN3O4S. The van der Waals surface area contributed by atoms with Crippen LogP contribution in [0.1, 0.15) is 45.1 Å². The van der Waals surface area contributed by atoms with Crippen molar-refractivity contribution in [3.8, 4) is 11.3 Å². The molecular weight excluding hydrogens is 590 g/mol. The van der Waals surface area contributed by atoms with Gasteiger partial charge in [0.25, 0.3) is 5.56 Å². The number of allylic oxidation sites excluding steroid dienone is 1. The molecule has 1 aliphatic rings. The van der Waals surface area contributed by atoms with Gasteiger partial charge in [0.05, 0.1) is 22.4 Å². The molecule has 40 heavy (non-hydrogen) atoms. The predicted molar refractivity (Wildman–Crippen MR) is 162 cm³/mol. The van der Waals surface area contributed by atoms with Gasteiger partial charge in [0.1, 0.15) is 17.6 Å². The van der Waals surface area contributed by atoms with E-state index in [1.165, 1.54) is 11.3 Å². The number of carbonyl (C=O) groups is 1. The van der Waals surface area contributed by atoms with Crippen molar-refractivity contribution in [2.24, 2.45) is 4.99 Å². The van der Waals surface area contributed by atoms with E-state index in [1.54, 1.807) is 18.4 Å². The van der Waals surface area contributed by atoms with Crippen molar-refractivity contribution in [1.29, 1.82) is 0 Å². The maximum absolute atomic E-state index is 13.9. The Labute approximate surface area is 244 Å². The molecule has 7 nitrogen and oxygen atoms in total. The topological polar surface area (TPSA) is 77.0 Å². The third-order valence-electron chi connectivity index (χ3n) is 6.86. The van der Waals surface area contributed by atoms with E-state index < -0.39 is 12.0 Å². The third kappa shape index (κ3) is 5.36. The molecule has 0 spiro atoms. The molecule has 1 atom stereocenters. The van der Waals surface area contributed by atoms with Crippen molar-refractivity contribution < 1.29 is 13.9 Å². The summed E-state index contributed by atoms with van der Waals surface area (Å²) in [6.07, 6.45) is 1.87. The highest BCUT2D eigenvalue weighted by Gasteiger charge is 2.35. The first-order valence-electron chi connectivity index (χ1n) is 13.2. The summed E-state index contributed by atoms with van der Waals surface area (Å²) in [5, 5.41) is 0. The van der Waals surface area contributed by atoms with Gasteiger partial charge in [-0.2, -0.15) is 0 Å². The van der Waals surface area contributed by atoms with Crippen molar-refractivity contribution in [2.45, 2.75) is 33.7 Å². The number of carbonyl (C=O) groups excluding carboxylic acids is 1. The van der Waals surface area contributed by atoms with Gasteiger partial charge in [-0.3, -0.25) is 9.36 Å². The second-order valence-corrected chi connectivity index (χ2v) is 11.2. The first-order chi connectivity index (χ1) is 19.3. The lowest BCUT2D eigenvalue weighted by molar-refractivity contribution is -0.139. The Morgan fingerprint density at radius 1 is 1.07 bits per heavy atom. The van der Waals surface area contributed by atoms with E-state index in [9.17, 15) is 9.59 Å². The lowest BCUT2D eigenvalue weighted by Gasteiger charge is -2.22. The van der Waals surface area contributed by atoms with Gasteiger partial charge in [-0.15, -0.1) is 0 Å². The number of fused-ring (bicyclic) bond motifs is 1. The summed E-state index contributed by atoms with van der Waals surface area (Å²) >= 11 is 4.75. The van der Waals surface area contributed by atoms with Crippen LogP contribution in [0.15, 0.2) is 90.6 Å². The molecule has 0 N–H and O–H groups in total. The minimum Gasteiger partial charge on any atom is -0.463 e. The van der Waals surface area contributed by atoms with Crippen LogP contribution in [0.4, 0.5) is 5.69 Å². The lowest BCUT2D eigenvalue weighted by Crippen LogP contribution is -2.39. The molecule has 9 heteroatoms. The Bertz CT molecular complexity index is 1740. The van der Waals surface area contributed by atoms with E-state index in [0.29, 0.717) is 32.1 Å². The highest BCUT2D eigenvalue weighted by molar-refractivity contribution is 9.10. The number of hydrogen-bond acceptors (Lipinski definition) is 7. The molecule has 206 valence electrons. The summed E-state index contributed by atoms with van der Waals surface area (Å²) in [6.45, 7) is 9.82. The largest absolute Gasteiger partial charge is 0.463 e. The van der Waals surface area contributed by atoms with E-state index >= 15 is 0 Å². The van der Waals surface area contributed by atoms with Gasteiger partial charge in [0.2, 0.25) is 0 Å². The summed E-state index contributed by atoms with van der Waals surface area (Å²) in [7, 11) is 0. The SMILES string of the molecule is CCOC(=O)C1=C(C)N=c2s/c(=C\c3ccc(N(CC)CC)cc3)c(=O)n2[C@@H]1c1ccc(-c2ccc(Br)cc2)o1. The van der Waals surface area contributed by atoms with Gasteiger partial charge < -0.3 is 14.1 Å². The number of aromatic nitrogens is 1. The molecule has 4 aromatic rings. The van der Waals surface area contributed by atoms with Gasteiger partial charge in [-0.1, -0.05) is 51.5 Å². The lowest BCUT2D eigenvalue weighted by atomic mass is 10.0. The molecule has 0 aliphatic carbocycles. The molecule has 0 saturated heterocycles. The van der Waals surface area contributed by atoms with Crippen LogP contribution in [-0.2, 0) is 9.53 Å². The number of anilines is 1. The smallest absolute Gasteiger partial charge is 0.338 e. The molecule has 1 aliphatic heterocycles. The maximum atomic E-state index is 13.9. The van der Waals surface area contributed by atoms with E-state index in [-0.39, 0.29) is 12.2 Å². The Morgan fingerprint density at radius 3 is 2.42 bits per heavy atom. The molecule has 3 heterocycles. The fourth-order valence-corrected chi connectivity index (χ4v) is 6.16. The first-order valence-corrected chi connectivity index (χ1v) is 14.9. The average molecular weight is 621 g/mol. The van der Waals surface area contributed by atoms with Gasteiger partial charge in [0.15, 0.2) is 4.80 Å². The van der Waals surface area contributed by atoms with Crippen molar-refractivity contribution >= 4 is 45.0 Å². The zero-order valence-electron chi connectivity index (χ0n) is 22.8. The molecule has 0 amide bonds. The summed E-state index contributed by atoms with van der Waals surface area (Å²) in [5.41, 5.74) is 3.49. The van der Waals surface area contributed by atoms with Crippen LogP contribution in [0.5, 0.6) is 0 Å². The molecule has 2 aromatic heterocycles. The van der Waals surface area contributed by atoms with Crippen molar-refractivity contribution in [2.75, 3.05) is 24.6 Å². The molecule has 2 aromatic carbocycles. The Morgan fingerprint density at radius 2 is 1.77 bits per heavy atom. The molecule has 0 fully saturated rings. The fraction of sp³-hybridized carbons (Fsp3) is 0.258. The number of rotatable bonds is 8. The number of ether oxygens (including phenoxy) is 1. The number of hydrogen-bond donors (Lipinski definition) is 0. The second-order valence-electron chi connectivity index (χ2n) is 9.28. The molecule has 0 radical (unpaired) electrons. The summed E-state index contributed by atoms with van der Waals surface area (Å²) in [5.74, 6) is 0.582. The molecule has 0 saturated carbocycles. The zero-order valence-corrected chi connectivity index (χ0v) is 25.2. The Kier molecular flexibility index (Phi) is 8.23. The summed E-state index contributed by atoms with van der Waals surface area (Å²) in [6, 6.07) is 18.8. The molecule has 5 rings (SSSR count). The van der Waals surface area contributed by atoms with Crippen LogP contribution in [0.25, 0.3) is 17.4 Å². The first kappa shape index (κ1) is 27.9. The highest BCUT2D eigenvalue weighted by atomic mass is 79.9. The van der Waals surface area contributed by atoms with Gasteiger partial charge in [-0.25, -0.2) is 9.79 Å². The van der Waals surface area contributed by atoms with Crippen LogP contribution < -0.4 is 19.8 Å². The van der Waals surface area contributed by atoms with Crippen LogP contribution in [-0.4, -0.2) is 30.2 Å². The normalized spacial score (nSPS) is 15.1. The van der Waals surface area contributed by atoms with Crippen LogP contribution in [0, 0.1) is 0 Å². The molecule has 0 unspecified atom stereocenters. The fourth-order valence-electron chi connectivity index (χ4n) is 4.85. The predicted octanol–water partition coefficient (Wildman–Crippen LogP) is 5.67. The Balaban J connectivity index is 1.62. The Hall–Kier alpha value is -3.69. The standard InChI is InChI=1S/C31H30BrN3O4S/c1-5-34(6-2)23-14-8-20(9-15-23)18-26-29(36)35-28(27(30(37)38-7-3)19(4)33-31(35)40-26)25-17-16-24(39-25)21-10-12-22(32)13-11-21/h8-18,28H,5-7H2,1-4H3/b26-18-/t28-/m1/s1. The van der Waals surface area contributed by atoms with E-state index in [2.05, 4.69) is 51.8 Å². The van der Waals surface area contributed by atoms with Crippen molar-refractivity contribution in [3.05, 3.63) is 107 Å². The number of benzene rings is 2.